The molecule has 21 heavy (non-hydrogen) atoms. The van der Waals surface area contributed by atoms with Crippen molar-refractivity contribution in [2.24, 2.45) is 0 Å². The Morgan fingerprint density at radius 3 is 2.76 bits per heavy atom. The Labute approximate surface area is 123 Å². The lowest BCUT2D eigenvalue weighted by atomic mass is 10.1. The van der Waals surface area contributed by atoms with E-state index in [1.54, 1.807) is 12.1 Å². The highest BCUT2D eigenvalue weighted by Gasteiger charge is 2.19. The third-order valence-electron chi connectivity index (χ3n) is 3.81. The number of fused-ring (bicyclic) bond motifs is 1. The highest BCUT2D eigenvalue weighted by atomic mass is 19.1. The van der Waals surface area contributed by atoms with Crippen LogP contribution in [0, 0.1) is 5.82 Å². The molecule has 0 spiro atoms. The number of amides is 1. The normalized spacial score (nSPS) is 14.7. The topological polar surface area (TPSA) is 38.1 Å². The van der Waals surface area contributed by atoms with Gasteiger partial charge in [-0.3, -0.25) is 9.48 Å². The van der Waals surface area contributed by atoms with Gasteiger partial charge in [0, 0.05) is 25.1 Å². The summed E-state index contributed by atoms with van der Waals surface area (Å²) in [5.41, 5.74) is 2.76. The highest BCUT2D eigenvalue weighted by molar-refractivity contribution is 5.75. The maximum absolute atomic E-state index is 13.0. The van der Waals surface area contributed by atoms with Crippen LogP contribution < -0.4 is 0 Å². The van der Waals surface area contributed by atoms with Crippen molar-refractivity contribution in [2.45, 2.75) is 32.9 Å². The molecule has 1 aliphatic heterocycles. The molecule has 5 heteroatoms. The summed E-state index contributed by atoms with van der Waals surface area (Å²) in [5.74, 6) is -0.0766. The summed E-state index contributed by atoms with van der Waals surface area (Å²) in [6.07, 6.45) is 1.43. The van der Waals surface area contributed by atoms with E-state index in [0.717, 1.165) is 36.5 Å². The molecule has 3 rings (SSSR count). The molecule has 0 radical (unpaired) electrons. The average molecular weight is 287 g/mol. The van der Waals surface area contributed by atoms with Gasteiger partial charge in [-0.15, -0.1) is 0 Å². The Morgan fingerprint density at radius 2 is 2.05 bits per heavy atom. The molecule has 2 heterocycles. The summed E-state index contributed by atoms with van der Waals surface area (Å²) >= 11 is 0. The lowest BCUT2D eigenvalue weighted by molar-refractivity contribution is -0.131. The largest absolute Gasteiger partial charge is 0.337 e. The first kappa shape index (κ1) is 13.8. The third kappa shape index (κ3) is 2.82. The molecule has 4 nitrogen and oxygen atoms in total. The fourth-order valence-corrected chi connectivity index (χ4v) is 2.66. The molecular formula is C16H18FN3O. The Balaban J connectivity index is 1.89. The van der Waals surface area contributed by atoms with Gasteiger partial charge in [0.15, 0.2) is 0 Å². The van der Waals surface area contributed by atoms with E-state index in [1.807, 2.05) is 22.6 Å². The van der Waals surface area contributed by atoms with E-state index in [2.05, 4.69) is 5.10 Å². The number of hydrogen-bond donors (Lipinski definition) is 0. The molecule has 0 saturated carbocycles. The van der Waals surface area contributed by atoms with Crippen LogP contribution in [0.5, 0.6) is 0 Å². The molecule has 0 fully saturated rings. The molecule has 1 aromatic heterocycles. The minimum absolute atomic E-state index is 0.174. The molecule has 0 saturated heterocycles. The predicted molar refractivity (Wildman–Crippen MR) is 77.9 cm³/mol. The number of aromatic nitrogens is 2. The standard InChI is InChI=1S/C16H18FN3O/c1-2-16(21)19-8-3-9-20-14(11-19)10-15(18-20)12-4-6-13(17)7-5-12/h4-7,10H,2-3,8-9,11H2,1H3. The first-order valence-electron chi connectivity index (χ1n) is 7.28. The number of halogens is 1. The fraction of sp³-hybridized carbons (Fsp3) is 0.375. The van der Waals surface area contributed by atoms with E-state index < -0.39 is 0 Å². The number of carbonyl (C=O) groups excluding carboxylic acids is 1. The first-order chi connectivity index (χ1) is 10.2. The van der Waals surface area contributed by atoms with E-state index in [1.165, 1.54) is 12.1 Å². The molecule has 1 amide bonds. The molecule has 0 unspecified atom stereocenters. The molecule has 2 aromatic rings. The van der Waals surface area contributed by atoms with Crippen LogP contribution in [-0.4, -0.2) is 27.1 Å². The second kappa shape index (κ2) is 5.68. The minimum atomic E-state index is -0.251. The molecule has 0 bridgehead atoms. The van der Waals surface area contributed by atoms with Gasteiger partial charge in [-0.1, -0.05) is 6.92 Å². The van der Waals surface area contributed by atoms with Crippen molar-refractivity contribution in [3.63, 3.8) is 0 Å². The number of carbonyl (C=O) groups is 1. The number of hydrogen-bond acceptors (Lipinski definition) is 2. The Bertz CT molecular complexity index is 648. The number of nitrogens with zero attached hydrogens (tertiary/aromatic N) is 3. The van der Waals surface area contributed by atoms with Crippen molar-refractivity contribution in [3.05, 3.63) is 41.8 Å². The van der Waals surface area contributed by atoms with Gasteiger partial charge < -0.3 is 4.90 Å². The summed E-state index contributed by atoms with van der Waals surface area (Å²) < 4.78 is 15.0. The lowest BCUT2D eigenvalue weighted by Gasteiger charge is -2.18. The number of benzene rings is 1. The van der Waals surface area contributed by atoms with Crippen LogP contribution in [-0.2, 0) is 17.9 Å². The van der Waals surface area contributed by atoms with Gasteiger partial charge in [0.05, 0.1) is 17.9 Å². The predicted octanol–water partition coefficient (Wildman–Crippen LogP) is 2.83. The third-order valence-corrected chi connectivity index (χ3v) is 3.81. The zero-order chi connectivity index (χ0) is 14.8. The maximum atomic E-state index is 13.0. The number of rotatable bonds is 2. The van der Waals surface area contributed by atoms with Gasteiger partial charge in [0.25, 0.3) is 0 Å². The van der Waals surface area contributed by atoms with Crippen LogP contribution in [0.3, 0.4) is 0 Å². The molecule has 110 valence electrons. The summed E-state index contributed by atoms with van der Waals surface area (Å²) in [6.45, 7) is 4.07. The highest BCUT2D eigenvalue weighted by Crippen LogP contribution is 2.22. The van der Waals surface area contributed by atoms with Crippen LogP contribution >= 0.6 is 0 Å². The van der Waals surface area contributed by atoms with Gasteiger partial charge >= 0.3 is 0 Å². The van der Waals surface area contributed by atoms with Crippen molar-refractivity contribution >= 4 is 5.91 Å². The van der Waals surface area contributed by atoms with Crippen LogP contribution in [0.1, 0.15) is 25.5 Å². The van der Waals surface area contributed by atoms with Crippen molar-refractivity contribution in [1.82, 2.24) is 14.7 Å². The lowest BCUT2D eigenvalue weighted by Crippen LogP contribution is -2.29. The molecule has 0 aliphatic carbocycles. The smallest absolute Gasteiger partial charge is 0.222 e. The van der Waals surface area contributed by atoms with E-state index in [-0.39, 0.29) is 11.7 Å². The van der Waals surface area contributed by atoms with Gasteiger partial charge in [-0.25, -0.2) is 4.39 Å². The fourth-order valence-electron chi connectivity index (χ4n) is 2.66. The number of aryl methyl sites for hydroxylation is 1. The summed E-state index contributed by atoms with van der Waals surface area (Å²) in [4.78, 5) is 13.8. The molecule has 0 N–H and O–H groups in total. The Kier molecular flexibility index (Phi) is 3.73. The van der Waals surface area contributed by atoms with Crippen molar-refractivity contribution < 1.29 is 9.18 Å². The zero-order valence-corrected chi connectivity index (χ0v) is 12.1. The molecule has 1 aliphatic rings. The van der Waals surface area contributed by atoms with E-state index >= 15 is 0 Å². The van der Waals surface area contributed by atoms with Crippen LogP contribution in [0.15, 0.2) is 30.3 Å². The Hall–Kier alpha value is -2.17. The van der Waals surface area contributed by atoms with E-state index in [9.17, 15) is 9.18 Å². The van der Waals surface area contributed by atoms with Gasteiger partial charge in [0.1, 0.15) is 5.82 Å². The van der Waals surface area contributed by atoms with Crippen molar-refractivity contribution in [3.8, 4) is 11.3 Å². The van der Waals surface area contributed by atoms with Crippen molar-refractivity contribution in [2.75, 3.05) is 6.54 Å². The Morgan fingerprint density at radius 1 is 1.29 bits per heavy atom. The second-order valence-corrected chi connectivity index (χ2v) is 5.27. The summed E-state index contributed by atoms with van der Waals surface area (Å²) in [7, 11) is 0. The van der Waals surface area contributed by atoms with Crippen LogP contribution in [0.4, 0.5) is 4.39 Å². The molecule has 0 atom stereocenters. The summed E-state index contributed by atoms with van der Waals surface area (Å²) in [5, 5.41) is 4.59. The van der Waals surface area contributed by atoms with E-state index in [4.69, 9.17) is 0 Å². The van der Waals surface area contributed by atoms with Gasteiger partial charge in [0.2, 0.25) is 5.91 Å². The van der Waals surface area contributed by atoms with Crippen LogP contribution in [0.25, 0.3) is 11.3 Å². The average Bonchev–Trinajstić information content (AvgIpc) is 2.79. The molecular weight excluding hydrogens is 269 g/mol. The minimum Gasteiger partial charge on any atom is -0.337 e. The maximum Gasteiger partial charge on any atom is 0.222 e. The monoisotopic (exact) mass is 287 g/mol. The summed E-state index contributed by atoms with van der Waals surface area (Å²) in [6, 6.07) is 8.33. The second-order valence-electron chi connectivity index (χ2n) is 5.27. The van der Waals surface area contributed by atoms with Gasteiger partial charge in [-0.2, -0.15) is 5.10 Å². The molecule has 1 aromatic carbocycles. The SMILES string of the molecule is CCC(=O)N1CCCn2nc(-c3ccc(F)cc3)cc2C1. The zero-order valence-electron chi connectivity index (χ0n) is 12.1. The van der Waals surface area contributed by atoms with Crippen LogP contribution in [0.2, 0.25) is 0 Å². The first-order valence-corrected chi connectivity index (χ1v) is 7.28. The van der Waals surface area contributed by atoms with Crippen molar-refractivity contribution in [1.29, 1.82) is 0 Å². The van der Waals surface area contributed by atoms with Gasteiger partial charge in [-0.05, 0) is 36.8 Å². The quantitative estimate of drug-likeness (QED) is 0.852. The van der Waals surface area contributed by atoms with E-state index in [0.29, 0.717) is 13.0 Å².